The molecule has 4 aliphatic rings. The molecule has 8 aromatic rings. The quantitative estimate of drug-likeness (QED) is 0.0420. The van der Waals surface area contributed by atoms with E-state index < -0.39 is 41.6 Å². The van der Waals surface area contributed by atoms with E-state index in [0.717, 1.165) is 86.6 Å². The minimum atomic E-state index is -4.02. The Morgan fingerprint density at radius 2 is 0.955 bits per heavy atom. The fraction of sp³-hybridized carbons (Fsp3) is 0.344. The number of hydrogen-bond donors (Lipinski definition) is 0. The number of anilines is 4. The maximum atomic E-state index is 14.0. The van der Waals surface area contributed by atoms with Gasteiger partial charge in [-0.2, -0.15) is 0 Å². The molecule has 0 atom stereocenters. The maximum absolute atomic E-state index is 14.0. The Morgan fingerprint density at radius 1 is 0.523 bits per heavy atom. The van der Waals surface area contributed by atoms with Crippen LogP contribution in [0.4, 0.5) is 22.7 Å². The van der Waals surface area contributed by atoms with Crippen LogP contribution in [0.2, 0.25) is 51.4 Å². The van der Waals surface area contributed by atoms with Gasteiger partial charge in [0.2, 0.25) is 23.6 Å². The first-order valence-electron chi connectivity index (χ1n) is 28.9. The number of aromatic nitrogens is 4. The molecule has 2 spiro atoms. The van der Waals surface area contributed by atoms with Crippen molar-refractivity contribution in [3.05, 3.63) is 154 Å². The highest BCUT2D eigenvalue weighted by molar-refractivity contribution is 9.10. The number of nitrogens with zero attached hydrogens (tertiary/aromatic N) is 8. The molecule has 2 aliphatic heterocycles. The second kappa shape index (κ2) is 25.3. The van der Waals surface area contributed by atoms with Gasteiger partial charge in [0.25, 0.3) is 20.0 Å². The molecule has 4 aromatic carbocycles. The number of likely N-dealkylation sites (N-methyl/N-ethyl adjacent to an activating group) is 2. The third kappa shape index (κ3) is 13.0. The first-order valence-corrected chi connectivity index (χ1v) is 40.8. The van der Waals surface area contributed by atoms with Crippen LogP contribution in [-0.2, 0) is 49.9 Å². The summed E-state index contributed by atoms with van der Waals surface area (Å²) in [6, 6.07) is 33.8. The Hall–Kier alpha value is -6.65. The second-order valence-corrected chi connectivity index (χ2v) is 41.6. The van der Waals surface area contributed by atoms with E-state index in [2.05, 4.69) is 97.1 Å². The highest BCUT2D eigenvalue weighted by atomic mass is 79.9. The van der Waals surface area contributed by atoms with Crippen molar-refractivity contribution < 1.29 is 45.4 Å². The molecule has 0 saturated heterocycles. The van der Waals surface area contributed by atoms with Gasteiger partial charge in [0.1, 0.15) is 24.8 Å². The summed E-state index contributed by atoms with van der Waals surface area (Å²) in [5.41, 5.74) is 7.22. The minimum Gasteiger partial charge on any atom is -0.479 e. The zero-order valence-electron chi connectivity index (χ0n) is 51.0. The predicted molar refractivity (Wildman–Crippen MR) is 358 cm³/mol. The standard InChI is InChI=1S/C32H36N4O5SSi.C18H25BrN2O4SSi.C14H11BrN2O/c1-35-28-20-33-26-12-11-22(17-25(26)29(28)32(13-14-32)31(35)37)23-18-27(30(40-2)34-19-23)36(21-41-15-16-43(3,4)5)42(38,39)24-9-7-6-8-10-24;1-24-18-17(12-15(19)13-20-18)21(14-25-10-11-27(2,3)4)26(22,23)16-8-6-5-7-9-16;1-17-11-7-16-10-3-2-8(15)6-9(10)12(11)14(4-5-14)13(17)18/h6-12,17-20H,13-16,21H2,1-5H3;5-9,12-13H,10-11,14H2,1-4H3;2-3,6-7H,4-5H2,1H3. The molecular formula is C64H72Br2N8O10S2Si2. The van der Waals surface area contributed by atoms with Crippen LogP contribution in [0.25, 0.3) is 32.9 Å². The summed E-state index contributed by atoms with van der Waals surface area (Å²) in [6.07, 6.45) is 10.4. The van der Waals surface area contributed by atoms with Crippen molar-refractivity contribution in [1.29, 1.82) is 0 Å². The monoisotopic (exact) mass is 1390 g/mol. The Bertz CT molecular complexity index is 4190. The number of pyridine rings is 4. The summed E-state index contributed by atoms with van der Waals surface area (Å²) in [4.78, 5) is 47.1. The van der Waals surface area contributed by atoms with Crippen molar-refractivity contribution in [3.8, 4) is 22.9 Å². The fourth-order valence-corrected chi connectivity index (χ4v) is 15.9. The Morgan fingerprint density at radius 3 is 1.40 bits per heavy atom. The predicted octanol–water partition coefficient (Wildman–Crippen LogP) is 13.2. The molecule has 0 bridgehead atoms. The van der Waals surface area contributed by atoms with Gasteiger partial charge in [-0.25, -0.2) is 35.4 Å². The van der Waals surface area contributed by atoms with Crippen molar-refractivity contribution >= 4 is 124 Å². The van der Waals surface area contributed by atoms with Crippen molar-refractivity contribution in [3.63, 3.8) is 0 Å². The molecule has 0 radical (unpaired) electrons. The number of hydrogen-bond acceptors (Lipinski definition) is 14. The Kier molecular flexibility index (Phi) is 18.5. The molecule has 2 fully saturated rings. The summed E-state index contributed by atoms with van der Waals surface area (Å²) >= 11 is 6.85. The van der Waals surface area contributed by atoms with Gasteiger partial charge in [-0.3, -0.25) is 19.6 Å². The van der Waals surface area contributed by atoms with Crippen LogP contribution in [0.1, 0.15) is 36.8 Å². The van der Waals surface area contributed by atoms with Crippen molar-refractivity contribution in [1.82, 2.24) is 19.9 Å². The first-order chi connectivity index (χ1) is 41.7. The molecule has 0 N–H and O–H groups in total. The van der Waals surface area contributed by atoms with E-state index in [-0.39, 0.29) is 57.9 Å². The lowest BCUT2D eigenvalue weighted by atomic mass is 9.92. The van der Waals surface area contributed by atoms with Gasteiger partial charge >= 0.3 is 0 Å². The van der Waals surface area contributed by atoms with Gasteiger partial charge < -0.3 is 28.7 Å². The van der Waals surface area contributed by atoms with Crippen molar-refractivity contribution in [2.75, 3.05) is 73.4 Å². The summed E-state index contributed by atoms with van der Waals surface area (Å²) in [5, 5.41) is 2.03. The molecule has 2 amide bonds. The van der Waals surface area contributed by atoms with Crippen LogP contribution in [0.15, 0.2) is 153 Å². The van der Waals surface area contributed by atoms with Gasteiger partial charge in [-0.1, -0.05) is 97.7 Å². The van der Waals surface area contributed by atoms with Crippen molar-refractivity contribution in [2.24, 2.45) is 0 Å². The van der Waals surface area contributed by atoms with E-state index in [1.807, 2.05) is 43.6 Å². The lowest BCUT2D eigenvalue weighted by Gasteiger charge is -2.26. The van der Waals surface area contributed by atoms with Crippen LogP contribution in [0.3, 0.4) is 0 Å². The molecule has 4 aromatic heterocycles. The second-order valence-electron chi connectivity index (χ2n) is 24.8. The number of carbonyl (C=O) groups excluding carboxylic acids is 2. The number of ether oxygens (including phenoxy) is 4. The molecule has 6 heterocycles. The largest absolute Gasteiger partial charge is 0.479 e. The van der Waals surface area contributed by atoms with Crippen LogP contribution in [0.5, 0.6) is 11.8 Å². The molecule has 24 heteroatoms. The number of amides is 2. The molecule has 462 valence electrons. The Labute approximate surface area is 534 Å². The molecule has 18 nitrogen and oxygen atoms in total. The molecule has 2 saturated carbocycles. The summed E-state index contributed by atoms with van der Waals surface area (Å²) in [6.45, 7) is 14.1. The van der Waals surface area contributed by atoms with Gasteiger partial charge in [0.05, 0.1) is 69.6 Å². The summed E-state index contributed by atoms with van der Waals surface area (Å²) < 4.78 is 81.3. The number of fused-ring (bicyclic) bond motifs is 8. The third-order valence-corrected chi connectivity index (χ3v) is 24.1. The van der Waals surface area contributed by atoms with E-state index in [0.29, 0.717) is 28.9 Å². The van der Waals surface area contributed by atoms with E-state index in [1.54, 1.807) is 108 Å². The molecular weight excluding hydrogens is 1320 g/mol. The smallest absolute Gasteiger partial charge is 0.266 e. The van der Waals surface area contributed by atoms with Gasteiger partial charge in [-0.15, -0.1) is 0 Å². The van der Waals surface area contributed by atoms with Gasteiger partial charge in [0, 0.05) is 92.3 Å². The number of halogens is 2. The van der Waals surface area contributed by atoms with Gasteiger partial charge in [-0.05, 0) is 126 Å². The zero-order valence-corrected chi connectivity index (χ0v) is 57.8. The van der Waals surface area contributed by atoms with Gasteiger partial charge in [0.15, 0.2) is 0 Å². The number of benzene rings is 4. The van der Waals surface area contributed by atoms with Crippen molar-refractivity contribution in [2.45, 2.75) is 97.7 Å². The lowest BCUT2D eigenvalue weighted by Crippen LogP contribution is -2.34. The summed E-state index contributed by atoms with van der Waals surface area (Å²) in [7, 11) is -3.95. The van der Waals surface area contributed by atoms with Crippen LogP contribution >= 0.6 is 31.9 Å². The highest BCUT2D eigenvalue weighted by Crippen LogP contribution is 2.60. The maximum Gasteiger partial charge on any atom is 0.266 e. The zero-order chi connectivity index (χ0) is 63.1. The topological polar surface area (TPSA) is 204 Å². The SMILES string of the molecule is CN1C(=O)C2(CC2)c2c1cnc1ccc(Br)cc21.COc1ncc(-c2ccc3ncc4c(c3c2)C2(CC2)C(=O)N4C)cc1N(COCC[Si](C)(C)C)S(=O)(=O)c1ccccc1.COc1ncc(Br)cc1N(COCC[Si](C)(C)C)S(=O)(=O)c1ccccc1. The molecule has 0 unspecified atom stereocenters. The van der Waals surface area contributed by atoms with Crippen LogP contribution in [0, 0.1) is 0 Å². The van der Waals surface area contributed by atoms with E-state index in [1.165, 1.54) is 28.4 Å². The minimum absolute atomic E-state index is 0.115. The van der Waals surface area contributed by atoms with Crippen LogP contribution < -0.4 is 27.9 Å². The third-order valence-electron chi connectivity index (χ3n) is 16.2. The lowest BCUT2D eigenvalue weighted by molar-refractivity contribution is -0.120. The number of carbonyl (C=O) groups is 2. The van der Waals surface area contributed by atoms with E-state index in [4.69, 9.17) is 18.9 Å². The van der Waals surface area contributed by atoms with E-state index >= 15 is 0 Å². The number of methoxy groups -OCH3 is 2. The molecule has 88 heavy (non-hydrogen) atoms. The highest BCUT2D eigenvalue weighted by Gasteiger charge is 2.60. The fourth-order valence-electron chi connectivity index (χ4n) is 11.0. The first kappa shape index (κ1) is 64.3. The number of sulfonamides is 2. The Balaban J connectivity index is 0.000000161. The number of rotatable bonds is 19. The average Bonchev–Trinajstić information content (AvgIpc) is 1.55. The normalized spacial score (nSPS) is 15.4. The van der Waals surface area contributed by atoms with E-state index in [9.17, 15) is 26.4 Å². The average molecular weight is 1390 g/mol. The molecule has 2 aliphatic carbocycles. The molecule has 12 rings (SSSR count). The summed E-state index contributed by atoms with van der Waals surface area (Å²) in [5.74, 6) is 0.731. The van der Waals surface area contributed by atoms with Crippen LogP contribution in [-0.4, -0.2) is 120 Å².